The number of carbonyl (C=O) groups excluding carboxylic acids is 1. The van der Waals surface area contributed by atoms with Crippen LogP contribution in [0.15, 0.2) is 35.5 Å². The van der Waals surface area contributed by atoms with Crippen molar-refractivity contribution in [2.75, 3.05) is 7.11 Å². The Morgan fingerprint density at radius 2 is 2.05 bits per heavy atom. The van der Waals surface area contributed by atoms with Crippen molar-refractivity contribution in [1.29, 1.82) is 0 Å². The Bertz CT molecular complexity index is 514. The minimum atomic E-state index is -0.900. The molecule has 0 aromatic carbocycles. The first-order valence-electron chi connectivity index (χ1n) is 6.82. The molecule has 0 spiro atoms. The van der Waals surface area contributed by atoms with Crippen molar-refractivity contribution in [1.82, 2.24) is 0 Å². The molecule has 3 rings (SSSR count). The second-order valence-electron chi connectivity index (χ2n) is 5.90. The van der Waals surface area contributed by atoms with E-state index in [2.05, 4.69) is 13.2 Å². The van der Waals surface area contributed by atoms with Crippen LogP contribution < -0.4 is 0 Å². The number of hydrogen-bond donors (Lipinski definition) is 0. The maximum atomic E-state index is 11.9. The van der Waals surface area contributed by atoms with Gasteiger partial charge in [0.15, 0.2) is 0 Å². The number of carbonyl (C=O) groups is 1. The number of hydrogen-bond acceptors (Lipinski definition) is 3. The average Bonchev–Trinajstić information content (AvgIpc) is 2.80. The molecular formula is C16H20O3. The molecular weight excluding hydrogens is 240 g/mol. The SMILES string of the molecule is C=C1C[C@]2(OC)OC(=O)C(C)=C2C[C@@H]2C(=C)CC[C@H]12. The molecule has 1 aliphatic heterocycles. The third-order valence-corrected chi connectivity index (χ3v) is 5.00. The highest BCUT2D eigenvalue weighted by molar-refractivity contribution is 5.92. The van der Waals surface area contributed by atoms with E-state index in [0.717, 1.165) is 30.4 Å². The quantitative estimate of drug-likeness (QED) is 0.536. The Morgan fingerprint density at radius 1 is 1.32 bits per heavy atom. The van der Waals surface area contributed by atoms with E-state index < -0.39 is 5.79 Å². The monoisotopic (exact) mass is 260 g/mol. The van der Waals surface area contributed by atoms with Crippen LogP contribution in [0.5, 0.6) is 0 Å². The van der Waals surface area contributed by atoms with Crippen molar-refractivity contribution < 1.29 is 14.3 Å². The van der Waals surface area contributed by atoms with E-state index in [0.29, 0.717) is 23.8 Å². The molecule has 3 atom stereocenters. The standard InChI is InChI=1S/C16H20O3/c1-9-5-6-12-10(2)8-16(18-4)14(7-13(9)12)11(3)15(17)19-16/h12-13H,1-2,5-8H2,3-4H3/t12-,13-,16+/m1/s1. The van der Waals surface area contributed by atoms with Crippen LogP contribution in [0.1, 0.15) is 32.6 Å². The highest BCUT2D eigenvalue weighted by atomic mass is 16.7. The zero-order valence-corrected chi connectivity index (χ0v) is 11.6. The minimum absolute atomic E-state index is 0.258. The van der Waals surface area contributed by atoms with Crippen molar-refractivity contribution in [2.45, 2.75) is 38.4 Å². The van der Waals surface area contributed by atoms with Gasteiger partial charge in [-0.3, -0.25) is 0 Å². The molecule has 0 bridgehead atoms. The van der Waals surface area contributed by atoms with E-state index >= 15 is 0 Å². The Hall–Kier alpha value is -1.35. The van der Waals surface area contributed by atoms with Crippen LogP contribution in [0, 0.1) is 11.8 Å². The summed E-state index contributed by atoms with van der Waals surface area (Å²) >= 11 is 0. The van der Waals surface area contributed by atoms with Crippen LogP contribution in [0.3, 0.4) is 0 Å². The first kappa shape index (κ1) is 12.7. The average molecular weight is 260 g/mol. The molecule has 3 nitrogen and oxygen atoms in total. The molecule has 0 aromatic heterocycles. The van der Waals surface area contributed by atoms with Crippen LogP contribution in [0.4, 0.5) is 0 Å². The number of ether oxygens (including phenoxy) is 2. The van der Waals surface area contributed by atoms with Crippen molar-refractivity contribution in [3.63, 3.8) is 0 Å². The van der Waals surface area contributed by atoms with E-state index in [4.69, 9.17) is 9.47 Å². The van der Waals surface area contributed by atoms with Crippen LogP contribution in [-0.2, 0) is 14.3 Å². The summed E-state index contributed by atoms with van der Waals surface area (Å²) in [5, 5.41) is 0. The van der Waals surface area contributed by atoms with Gasteiger partial charge in [-0.15, -0.1) is 0 Å². The van der Waals surface area contributed by atoms with Crippen molar-refractivity contribution in [3.05, 3.63) is 35.5 Å². The summed E-state index contributed by atoms with van der Waals surface area (Å²) in [4.78, 5) is 11.9. The Balaban J connectivity index is 2.08. The molecule has 2 fully saturated rings. The van der Waals surface area contributed by atoms with Gasteiger partial charge in [-0.25, -0.2) is 4.79 Å². The van der Waals surface area contributed by atoms with Crippen molar-refractivity contribution in [3.8, 4) is 0 Å². The normalized spacial score (nSPS) is 38.1. The van der Waals surface area contributed by atoms with Gasteiger partial charge in [0.1, 0.15) is 0 Å². The smallest absolute Gasteiger partial charge is 0.336 e. The fourth-order valence-electron chi connectivity index (χ4n) is 3.82. The molecule has 0 saturated heterocycles. The van der Waals surface area contributed by atoms with Gasteiger partial charge < -0.3 is 9.47 Å². The Kier molecular flexibility index (Phi) is 2.72. The highest BCUT2D eigenvalue weighted by Gasteiger charge is 2.52. The summed E-state index contributed by atoms with van der Waals surface area (Å²) in [6.45, 7) is 10.2. The lowest BCUT2D eigenvalue weighted by molar-refractivity contribution is -0.192. The van der Waals surface area contributed by atoms with E-state index in [9.17, 15) is 4.79 Å². The summed E-state index contributed by atoms with van der Waals surface area (Å²) in [5.74, 6) is -0.303. The highest BCUT2D eigenvalue weighted by Crippen LogP contribution is 2.53. The van der Waals surface area contributed by atoms with Crippen LogP contribution in [-0.4, -0.2) is 18.9 Å². The molecule has 0 amide bonds. The molecule has 2 saturated carbocycles. The lowest BCUT2D eigenvalue weighted by Crippen LogP contribution is -2.34. The summed E-state index contributed by atoms with van der Waals surface area (Å²) in [6, 6.07) is 0. The van der Waals surface area contributed by atoms with Gasteiger partial charge >= 0.3 is 5.97 Å². The summed E-state index contributed by atoms with van der Waals surface area (Å²) in [5.41, 5.74) is 4.10. The van der Waals surface area contributed by atoms with E-state index in [1.807, 2.05) is 6.92 Å². The molecule has 1 heterocycles. The number of rotatable bonds is 1. The molecule has 3 heteroatoms. The summed E-state index contributed by atoms with van der Waals surface area (Å²) < 4.78 is 11.1. The maximum Gasteiger partial charge on any atom is 0.336 e. The molecule has 0 aromatic rings. The third-order valence-electron chi connectivity index (χ3n) is 5.00. The first-order chi connectivity index (χ1) is 8.98. The largest absolute Gasteiger partial charge is 0.425 e. The lowest BCUT2D eigenvalue weighted by Gasteiger charge is -2.28. The van der Waals surface area contributed by atoms with Crippen molar-refractivity contribution >= 4 is 5.97 Å². The van der Waals surface area contributed by atoms with E-state index in [-0.39, 0.29) is 5.97 Å². The molecule has 0 unspecified atom stereocenters. The molecule has 0 radical (unpaired) electrons. The Morgan fingerprint density at radius 3 is 2.74 bits per heavy atom. The van der Waals surface area contributed by atoms with Gasteiger partial charge in [-0.1, -0.05) is 24.3 Å². The number of esters is 1. The zero-order valence-electron chi connectivity index (χ0n) is 11.6. The van der Waals surface area contributed by atoms with Crippen LogP contribution in [0.2, 0.25) is 0 Å². The van der Waals surface area contributed by atoms with Crippen molar-refractivity contribution in [2.24, 2.45) is 11.8 Å². The maximum absolute atomic E-state index is 11.9. The van der Waals surface area contributed by atoms with Gasteiger partial charge in [0, 0.05) is 24.7 Å². The fourth-order valence-corrected chi connectivity index (χ4v) is 3.82. The Labute approximate surface area is 114 Å². The topological polar surface area (TPSA) is 35.5 Å². The van der Waals surface area contributed by atoms with Crippen LogP contribution in [0.25, 0.3) is 0 Å². The predicted molar refractivity (Wildman–Crippen MR) is 72.3 cm³/mol. The van der Waals surface area contributed by atoms with Gasteiger partial charge in [-0.2, -0.15) is 0 Å². The molecule has 3 aliphatic rings. The first-order valence-corrected chi connectivity index (χ1v) is 6.82. The van der Waals surface area contributed by atoms with Gasteiger partial charge in [-0.05, 0) is 38.0 Å². The molecule has 19 heavy (non-hydrogen) atoms. The molecule has 2 aliphatic carbocycles. The summed E-state index contributed by atoms with van der Waals surface area (Å²) in [6.07, 6.45) is 3.57. The number of allylic oxidation sites excluding steroid dienone is 1. The van der Waals surface area contributed by atoms with Gasteiger partial charge in [0.2, 0.25) is 5.79 Å². The fraction of sp³-hybridized carbons (Fsp3) is 0.562. The molecule has 102 valence electrons. The zero-order chi connectivity index (χ0) is 13.8. The third kappa shape index (κ3) is 1.64. The summed E-state index contributed by atoms with van der Waals surface area (Å²) in [7, 11) is 1.61. The lowest BCUT2D eigenvalue weighted by atomic mass is 9.86. The van der Waals surface area contributed by atoms with Gasteiger partial charge in [0.05, 0.1) is 0 Å². The van der Waals surface area contributed by atoms with E-state index in [1.54, 1.807) is 7.11 Å². The number of fused-ring (bicyclic) bond motifs is 2. The van der Waals surface area contributed by atoms with E-state index in [1.165, 1.54) is 5.57 Å². The second-order valence-corrected chi connectivity index (χ2v) is 5.90. The van der Waals surface area contributed by atoms with Gasteiger partial charge in [0.25, 0.3) is 0 Å². The second kappa shape index (κ2) is 4.07. The minimum Gasteiger partial charge on any atom is -0.425 e. The van der Waals surface area contributed by atoms with Crippen LogP contribution >= 0.6 is 0 Å². The number of methoxy groups -OCH3 is 1. The predicted octanol–water partition coefficient (Wildman–Crippen LogP) is 3.13. The molecule has 0 N–H and O–H groups in total.